The molecule has 2 aliphatic rings. The van der Waals surface area contributed by atoms with Gasteiger partial charge in [0.1, 0.15) is 0 Å². The summed E-state index contributed by atoms with van der Waals surface area (Å²) in [4.78, 5) is 26.3. The molecule has 1 aromatic carbocycles. The Bertz CT molecular complexity index is 751. The van der Waals surface area contributed by atoms with Gasteiger partial charge in [-0.3, -0.25) is 9.59 Å². The summed E-state index contributed by atoms with van der Waals surface area (Å²) < 4.78 is 24.9. The average Bonchev–Trinajstić information content (AvgIpc) is 2.71. The van der Waals surface area contributed by atoms with E-state index >= 15 is 0 Å². The van der Waals surface area contributed by atoms with Gasteiger partial charge < -0.3 is 10.2 Å². The Balaban J connectivity index is 1.92. The van der Waals surface area contributed by atoms with Crippen LogP contribution in [-0.4, -0.2) is 49.5 Å². The number of nitrogens with one attached hydrogen (secondary N) is 1. The molecule has 0 atom stereocenters. The number of benzene rings is 1. The van der Waals surface area contributed by atoms with Crippen LogP contribution < -0.4 is 5.32 Å². The Kier molecular flexibility index (Phi) is 4.38. The summed E-state index contributed by atoms with van der Waals surface area (Å²) in [5.74, 6) is -0.458. The van der Waals surface area contributed by atoms with Gasteiger partial charge in [-0.25, -0.2) is 8.42 Å². The minimum absolute atomic E-state index is 0.102. The lowest BCUT2D eigenvalue weighted by Gasteiger charge is -2.42. The van der Waals surface area contributed by atoms with E-state index in [1.54, 1.807) is 24.3 Å². The van der Waals surface area contributed by atoms with E-state index in [1.165, 1.54) is 4.90 Å². The molecule has 6 nitrogen and oxygen atoms in total. The van der Waals surface area contributed by atoms with Crippen molar-refractivity contribution in [3.63, 3.8) is 0 Å². The molecular formula is C17H22N2O4S. The zero-order valence-electron chi connectivity index (χ0n) is 13.7. The molecule has 7 heteroatoms. The number of hydrogen-bond acceptors (Lipinski definition) is 4. The topological polar surface area (TPSA) is 83.6 Å². The highest BCUT2D eigenvalue weighted by molar-refractivity contribution is 7.93. The molecule has 1 N–H and O–H groups in total. The maximum Gasteiger partial charge on any atom is 0.244 e. The first-order valence-electron chi connectivity index (χ1n) is 8.24. The fraction of sp³-hybridized carbons (Fsp3) is 0.529. The van der Waals surface area contributed by atoms with Gasteiger partial charge in [0.2, 0.25) is 11.8 Å². The van der Waals surface area contributed by atoms with Crippen molar-refractivity contribution < 1.29 is 18.0 Å². The molecule has 1 heterocycles. The van der Waals surface area contributed by atoms with E-state index < -0.39 is 14.6 Å². The number of nitrogens with zero attached hydrogens (tertiary/aromatic N) is 1. The first-order valence-corrected chi connectivity index (χ1v) is 9.72. The van der Waals surface area contributed by atoms with Crippen molar-refractivity contribution >= 4 is 21.7 Å². The lowest BCUT2D eigenvalue weighted by molar-refractivity contribution is -0.136. The Morgan fingerprint density at radius 1 is 1.17 bits per heavy atom. The first kappa shape index (κ1) is 17.0. The zero-order chi connectivity index (χ0) is 17.4. The quantitative estimate of drug-likeness (QED) is 0.883. The number of amides is 2. The number of hydrogen-bond donors (Lipinski definition) is 1. The Morgan fingerprint density at radius 2 is 1.83 bits per heavy atom. The Hall–Kier alpha value is -1.89. The van der Waals surface area contributed by atoms with E-state index in [9.17, 15) is 18.0 Å². The van der Waals surface area contributed by atoms with Crippen molar-refractivity contribution in [2.45, 2.75) is 42.2 Å². The molecule has 1 aromatic rings. The normalized spacial score (nSPS) is 20.7. The van der Waals surface area contributed by atoms with E-state index in [-0.39, 0.29) is 29.7 Å². The number of carbonyl (C=O) groups is 2. The molecule has 3 rings (SSSR count). The zero-order valence-corrected chi connectivity index (χ0v) is 14.6. The van der Waals surface area contributed by atoms with Crippen LogP contribution in [0.4, 0.5) is 0 Å². The van der Waals surface area contributed by atoms with Gasteiger partial charge in [0.25, 0.3) is 0 Å². The molecule has 0 spiro atoms. The Morgan fingerprint density at radius 3 is 2.42 bits per heavy atom. The van der Waals surface area contributed by atoms with Crippen LogP contribution in [0, 0.1) is 6.92 Å². The molecule has 0 aromatic heterocycles. The third-order valence-corrected chi connectivity index (χ3v) is 7.50. The van der Waals surface area contributed by atoms with Crippen LogP contribution >= 0.6 is 0 Å². The number of rotatable bonds is 3. The third-order valence-electron chi connectivity index (χ3n) is 5.00. The van der Waals surface area contributed by atoms with Crippen LogP contribution in [-0.2, 0) is 19.4 Å². The van der Waals surface area contributed by atoms with E-state index in [0.717, 1.165) is 12.0 Å². The predicted molar refractivity (Wildman–Crippen MR) is 89.2 cm³/mol. The summed E-state index contributed by atoms with van der Waals surface area (Å²) in [7, 11) is -3.75. The lowest BCUT2D eigenvalue weighted by atomic mass is 9.83. The first-order chi connectivity index (χ1) is 11.4. The average molecular weight is 350 g/mol. The van der Waals surface area contributed by atoms with E-state index in [2.05, 4.69) is 5.32 Å². The van der Waals surface area contributed by atoms with Crippen molar-refractivity contribution in [3.8, 4) is 0 Å². The summed E-state index contributed by atoms with van der Waals surface area (Å²) in [6, 6.07) is 6.65. The maximum atomic E-state index is 13.2. The standard InChI is InChI=1S/C17H22N2O4S/c1-13-3-5-14(6-4-13)24(22,23)17(8-2-9-17)16(21)19-11-7-15(20)18-10-12-19/h3-6H,2,7-12H2,1H3,(H,18,20). The highest BCUT2D eigenvalue weighted by Gasteiger charge is 2.57. The molecular weight excluding hydrogens is 328 g/mol. The maximum absolute atomic E-state index is 13.2. The highest BCUT2D eigenvalue weighted by atomic mass is 32.2. The number of aryl methyl sites for hydroxylation is 1. The third kappa shape index (κ3) is 2.70. The van der Waals surface area contributed by atoms with Gasteiger partial charge in [-0.1, -0.05) is 17.7 Å². The molecule has 1 aliphatic heterocycles. The second-order valence-electron chi connectivity index (χ2n) is 6.56. The molecule has 0 radical (unpaired) electrons. The highest BCUT2D eigenvalue weighted by Crippen LogP contribution is 2.44. The van der Waals surface area contributed by atoms with Gasteiger partial charge in [-0.05, 0) is 38.3 Å². The van der Waals surface area contributed by atoms with Gasteiger partial charge in [0.05, 0.1) is 4.90 Å². The molecule has 0 bridgehead atoms. The predicted octanol–water partition coefficient (Wildman–Crippen LogP) is 1.04. The van der Waals surface area contributed by atoms with Gasteiger partial charge in [-0.15, -0.1) is 0 Å². The SMILES string of the molecule is Cc1ccc(S(=O)(=O)C2(C(=O)N3CCNC(=O)CC3)CCC2)cc1. The van der Waals surface area contributed by atoms with Gasteiger partial charge in [-0.2, -0.15) is 0 Å². The molecule has 1 saturated heterocycles. The molecule has 0 unspecified atom stereocenters. The van der Waals surface area contributed by atoms with Gasteiger partial charge in [0.15, 0.2) is 14.6 Å². The van der Waals surface area contributed by atoms with E-state index in [1.807, 2.05) is 6.92 Å². The fourth-order valence-electron chi connectivity index (χ4n) is 3.30. The molecule has 130 valence electrons. The molecule has 2 amide bonds. The van der Waals surface area contributed by atoms with Crippen LogP contribution in [0.5, 0.6) is 0 Å². The summed E-state index contributed by atoms with van der Waals surface area (Å²) in [5.41, 5.74) is 0.972. The van der Waals surface area contributed by atoms with Crippen molar-refractivity contribution in [1.29, 1.82) is 0 Å². The van der Waals surface area contributed by atoms with Crippen LogP contribution in [0.2, 0.25) is 0 Å². The second kappa shape index (κ2) is 6.20. The number of sulfone groups is 1. The largest absolute Gasteiger partial charge is 0.354 e. The molecule has 1 saturated carbocycles. The fourth-order valence-corrected chi connectivity index (χ4v) is 5.43. The Labute approximate surface area is 142 Å². The summed E-state index contributed by atoms with van der Waals surface area (Å²) in [6.45, 7) is 2.89. The minimum atomic E-state index is -3.75. The molecule has 24 heavy (non-hydrogen) atoms. The summed E-state index contributed by atoms with van der Waals surface area (Å²) in [5, 5.41) is 2.71. The summed E-state index contributed by atoms with van der Waals surface area (Å²) >= 11 is 0. The van der Waals surface area contributed by atoms with E-state index in [0.29, 0.717) is 25.9 Å². The summed E-state index contributed by atoms with van der Waals surface area (Å²) in [6.07, 6.45) is 1.63. The molecule has 1 aliphatic carbocycles. The van der Waals surface area contributed by atoms with Crippen molar-refractivity contribution in [2.75, 3.05) is 19.6 Å². The van der Waals surface area contributed by atoms with E-state index in [4.69, 9.17) is 0 Å². The van der Waals surface area contributed by atoms with Crippen LogP contribution in [0.15, 0.2) is 29.2 Å². The monoisotopic (exact) mass is 350 g/mol. The number of carbonyl (C=O) groups excluding carboxylic acids is 2. The van der Waals surface area contributed by atoms with Crippen molar-refractivity contribution in [3.05, 3.63) is 29.8 Å². The van der Waals surface area contributed by atoms with Crippen molar-refractivity contribution in [2.24, 2.45) is 0 Å². The van der Waals surface area contributed by atoms with Gasteiger partial charge >= 0.3 is 0 Å². The minimum Gasteiger partial charge on any atom is -0.354 e. The van der Waals surface area contributed by atoms with Gasteiger partial charge in [0, 0.05) is 26.1 Å². The lowest BCUT2D eigenvalue weighted by Crippen LogP contribution is -2.58. The van der Waals surface area contributed by atoms with Crippen LogP contribution in [0.25, 0.3) is 0 Å². The van der Waals surface area contributed by atoms with Crippen molar-refractivity contribution in [1.82, 2.24) is 10.2 Å². The van der Waals surface area contributed by atoms with Crippen LogP contribution in [0.3, 0.4) is 0 Å². The van der Waals surface area contributed by atoms with Crippen LogP contribution in [0.1, 0.15) is 31.2 Å². The second-order valence-corrected chi connectivity index (χ2v) is 8.82. The smallest absolute Gasteiger partial charge is 0.244 e. The molecule has 2 fully saturated rings.